The van der Waals surface area contributed by atoms with Crippen LogP contribution >= 0.6 is 11.6 Å². The van der Waals surface area contributed by atoms with Crippen LogP contribution in [0, 0.1) is 10.1 Å². The standard InChI is InChI=1S/C12H17ClN4O3/c1-20-8-12(3-2-4-16-12)7-15-11-10(13)5-9(6-14-11)17(18)19/h5-6,16H,2-4,7-8H2,1H3,(H,14,15). The van der Waals surface area contributed by atoms with E-state index in [-0.39, 0.29) is 16.2 Å². The molecule has 0 radical (unpaired) electrons. The zero-order valence-corrected chi connectivity index (χ0v) is 11.9. The van der Waals surface area contributed by atoms with Crippen LogP contribution in [0.2, 0.25) is 5.02 Å². The normalized spacial score (nSPS) is 21.9. The van der Waals surface area contributed by atoms with Gasteiger partial charge in [-0.15, -0.1) is 0 Å². The first-order valence-electron chi connectivity index (χ1n) is 6.34. The minimum Gasteiger partial charge on any atom is -0.383 e. The molecule has 1 unspecified atom stereocenters. The van der Waals surface area contributed by atoms with Crippen LogP contribution in [0.1, 0.15) is 12.8 Å². The van der Waals surface area contributed by atoms with Crippen molar-refractivity contribution in [3.63, 3.8) is 0 Å². The zero-order valence-electron chi connectivity index (χ0n) is 11.2. The molecule has 0 aromatic carbocycles. The van der Waals surface area contributed by atoms with Crippen LogP contribution in [-0.4, -0.2) is 42.3 Å². The van der Waals surface area contributed by atoms with Gasteiger partial charge in [0.05, 0.1) is 22.1 Å². The average Bonchev–Trinajstić information content (AvgIpc) is 2.86. The van der Waals surface area contributed by atoms with Crippen molar-refractivity contribution in [3.8, 4) is 0 Å². The molecule has 1 saturated heterocycles. The number of hydrogen-bond donors (Lipinski definition) is 2. The summed E-state index contributed by atoms with van der Waals surface area (Å²) in [5, 5.41) is 17.4. The van der Waals surface area contributed by atoms with Crippen molar-refractivity contribution in [1.82, 2.24) is 10.3 Å². The summed E-state index contributed by atoms with van der Waals surface area (Å²) < 4.78 is 5.25. The third kappa shape index (κ3) is 3.36. The number of anilines is 1. The van der Waals surface area contributed by atoms with E-state index in [1.165, 1.54) is 12.3 Å². The SMILES string of the molecule is COCC1(CNc2ncc([N+](=O)[O-])cc2Cl)CCCN1. The average molecular weight is 301 g/mol. The lowest BCUT2D eigenvalue weighted by Gasteiger charge is -2.29. The van der Waals surface area contributed by atoms with E-state index in [2.05, 4.69) is 15.6 Å². The second-order valence-electron chi connectivity index (χ2n) is 4.88. The number of methoxy groups -OCH3 is 1. The topological polar surface area (TPSA) is 89.3 Å². The van der Waals surface area contributed by atoms with Gasteiger partial charge in [0.25, 0.3) is 5.69 Å². The van der Waals surface area contributed by atoms with Crippen molar-refractivity contribution in [3.05, 3.63) is 27.4 Å². The summed E-state index contributed by atoms with van der Waals surface area (Å²) in [4.78, 5) is 14.1. The van der Waals surface area contributed by atoms with E-state index in [0.717, 1.165) is 19.4 Å². The van der Waals surface area contributed by atoms with Crippen molar-refractivity contribution in [2.75, 3.05) is 32.1 Å². The van der Waals surface area contributed by atoms with E-state index in [9.17, 15) is 10.1 Å². The molecule has 0 amide bonds. The number of nitrogens with one attached hydrogen (secondary N) is 2. The Labute approximate surface area is 121 Å². The Balaban J connectivity index is 2.04. The van der Waals surface area contributed by atoms with Gasteiger partial charge >= 0.3 is 0 Å². The van der Waals surface area contributed by atoms with Crippen molar-refractivity contribution in [1.29, 1.82) is 0 Å². The lowest BCUT2D eigenvalue weighted by atomic mass is 9.99. The first kappa shape index (κ1) is 15.0. The zero-order chi connectivity index (χ0) is 14.6. The van der Waals surface area contributed by atoms with E-state index >= 15 is 0 Å². The van der Waals surface area contributed by atoms with Crippen molar-refractivity contribution in [2.45, 2.75) is 18.4 Å². The highest BCUT2D eigenvalue weighted by Gasteiger charge is 2.33. The van der Waals surface area contributed by atoms with Gasteiger partial charge in [0.1, 0.15) is 12.0 Å². The molecule has 8 heteroatoms. The Morgan fingerprint density at radius 1 is 1.70 bits per heavy atom. The summed E-state index contributed by atoms with van der Waals surface area (Å²) in [7, 11) is 1.67. The molecule has 1 aromatic heterocycles. The molecule has 0 aliphatic carbocycles. The van der Waals surface area contributed by atoms with Crippen LogP contribution in [0.4, 0.5) is 11.5 Å². The number of nitro groups is 1. The highest BCUT2D eigenvalue weighted by molar-refractivity contribution is 6.33. The minimum absolute atomic E-state index is 0.119. The second-order valence-corrected chi connectivity index (χ2v) is 5.29. The van der Waals surface area contributed by atoms with Crippen LogP contribution in [0.15, 0.2) is 12.3 Å². The third-order valence-electron chi connectivity index (χ3n) is 3.38. The molecule has 0 bridgehead atoms. The maximum atomic E-state index is 10.6. The van der Waals surface area contributed by atoms with E-state index in [4.69, 9.17) is 16.3 Å². The Morgan fingerprint density at radius 2 is 2.50 bits per heavy atom. The van der Waals surface area contributed by atoms with Crippen molar-refractivity contribution >= 4 is 23.1 Å². The van der Waals surface area contributed by atoms with Gasteiger partial charge in [-0.2, -0.15) is 0 Å². The van der Waals surface area contributed by atoms with E-state index in [0.29, 0.717) is 19.0 Å². The van der Waals surface area contributed by atoms with Gasteiger partial charge in [-0.1, -0.05) is 11.6 Å². The monoisotopic (exact) mass is 300 g/mol. The Hall–Kier alpha value is -1.44. The quantitative estimate of drug-likeness (QED) is 0.615. The van der Waals surface area contributed by atoms with Crippen LogP contribution in [-0.2, 0) is 4.74 Å². The number of aromatic nitrogens is 1. The fourth-order valence-electron chi connectivity index (χ4n) is 2.38. The number of pyridine rings is 1. The molecule has 1 fully saturated rings. The largest absolute Gasteiger partial charge is 0.383 e. The molecule has 7 nitrogen and oxygen atoms in total. The van der Waals surface area contributed by atoms with Crippen LogP contribution in [0.3, 0.4) is 0 Å². The fourth-order valence-corrected chi connectivity index (χ4v) is 2.61. The van der Waals surface area contributed by atoms with Gasteiger partial charge in [0, 0.05) is 19.7 Å². The maximum absolute atomic E-state index is 10.6. The van der Waals surface area contributed by atoms with Crippen LogP contribution in [0.5, 0.6) is 0 Å². The smallest absolute Gasteiger partial charge is 0.289 e. The van der Waals surface area contributed by atoms with Gasteiger partial charge in [0.15, 0.2) is 0 Å². The van der Waals surface area contributed by atoms with Crippen LogP contribution < -0.4 is 10.6 Å². The first-order chi connectivity index (χ1) is 9.56. The molecule has 1 aliphatic heterocycles. The molecule has 2 heterocycles. The summed E-state index contributed by atoms with van der Waals surface area (Å²) >= 11 is 6.00. The number of halogens is 1. The summed E-state index contributed by atoms with van der Waals surface area (Å²) in [6.07, 6.45) is 3.28. The predicted molar refractivity (Wildman–Crippen MR) is 76.2 cm³/mol. The minimum atomic E-state index is -0.520. The number of nitrogens with zero attached hydrogens (tertiary/aromatic N) is 2. The number of ether oxygens (including phenoxy) is 1. The van der Waals surface area contributed by atoms with E-state index < -0.39 is 4.92 Å². The molecular weight excluding hydrogens is 284 g/mol. The highest BCUT2D eigenvalue weighted by atomic mass is 35.5. The third-order valence-corrected chi connectivity index (χ3v) is 3.67. The summed E-state index contributed by atoms with van der Waals surface area (Å²) in [6, 6.07) is 1.29. The first-order valence-corrected chi connectivity index (χ1v) is 6.72. The van der Waals surface area contributed by atoms with Crippen LogP contribution in [0.25, 0.3) is 0 Å². The lowest BCUT2D eigenvalue weighted by molar-refractivity contribution is -0.385. The van der Waals surface area contributed by atoms with Gasteiger partial charge in [-0.3, -0.25) is 10.1 Å². The van der Waals surface area contributed by atoms with E-state index in [1.807, 2.05) is 0 Å². The maximum Gasteiger partial charge on any atom is 0.289 e. The molecule has 2 rings (SSSR count). The Kier molecular flexibility index (Phi) is 4.74. The van der Waals surface area contributed by atoms with Crippen molar-refractivity contribution in [2.24, 2.45) is 0 Å². The molecular formula is C12H17ClN4O3. The van der Waals surface area contributed by atoms with Gasteiger partial charge in [-0.05, 0) is 19.4 Å². The molecule has 0 saturated carbocycles. The fraction of sp³-hybridized carbons (Fsp3) is 0.583. The van der Waals surface area contributed by atoms with Gasteiger partial charge in [-0.25, -0.2) is 4.98 Å². The molecule has 1 aliphatic rings. The lowest BCUT2D eigenvalue weighted by Crippen LogP contribution is -2.49. The summed E-state index contributed by atoms with van der Waals surface area (Å²) in [5.41, 5.74) is -0.257. The van der Waals surface area contributed by atoms with Gasteiger partial charge < -0.3 is 15.4 Å². The number of rotatable bonds is 6. The molecule has 0 spiro atoms. The summed E-state index contributed by atoms with van der Waals surface area (Å²) in [5.74, 6) is 0.446. The summed E-state index contributed by atoms with van der Waals surface area (Å²) in [6.45, 7) is 2.14. The van der Waals surface area contributed by atoms with Gasteiger partial charge in [0.2, 0.25) is 0 Å². The predicted octanol–water partition coefficient (Wildman–Crippen LogP) is 1.82. The Bertz CT molecular complexity index is 492. The molecule has 20 heavy (non-hydrogen) atoms. The van der Waals surface area contributed by atoms with E-state index in [1.54, 1.807) is 7.11 Å². The Morgan fingerprint density at radius 3 is 3.05 bits per heavy atom. The number of hydrogen-bond acceptors (Lipinski definition) is 6. The molecule has 110 valence electrons. The second kappa shape index (κ2) is 6.34. The van der Waals surface area contributed by atoms with Crippen molar-refractivity contribution < 1.29 is 9.66 Å². The molecule has 1 aromatic rings. The molecule has 1 atom stereocenters. The highest BCUT2D eigenvalue weighted by Crippen LogP contribution is 2.26. The molecule has 2 N–H and O–H groups in total.